The Kier molecular flexibility index (Phi) is 2.87. The summed E-state index contributed by atoms with van der Waals surface area (Å²) in [5.41, 5.74) is 1.51. The molecule has 0 bridgehead atoms. The zero-order valence-corrected chi connectivity index (χ0v) is 8.46. The summed E-state index contributed by atoms with van der Waals surface area (Å²) in [5.74, 6) is -0.0574. The maximum absolute atomic E-state index is 11.9. The monoisotopic (exact) mass is 211 g/mol. The molecular weight excluding hydrogens is 202 g/mol. The molecule has 0 aliphatic heterocycles. The molecule has 0 atom stereocenters. The molecule has 0 aliphatic carbocycles. The van der Waals surface area contributed by atoms with Crippen LogP contribution in [0.1, 0.15) is 15.9 Å². The number of ketones is 1. The Hall–Kier alpha value is -2.29. The summed E-state index contributed by atoms with van der Waals surface area (Å²) in [6.45, 7) is 0. The highest BCUT2D eigenvalue weighted by Crippen LogP contribution is 2.15. The van der Waals surface area contributed by atoms with Crippen molar-refractivity contribution >= 4 is 11.5 Å². The maximum atomic E-state index is 11.9. The molecule has 0 radical (unpaired) electrons. The highest BCUT2D eigenvalue weighted by atomic mass is 16.3. The fourth-order valence-electron chi connectivity index (χ4n) is 1.43. The Labute approximate surface area is 92.7 Å². The van der Waals surface area contributed by atoms with Gasteiger partial charge in [0.05, 0.1) is 0 Å². The highest BCUT2D eigenvalue weighted by molar-refractivity contribution is 6.09. The molecular formula is C13H9NO2. The highest BCUT2D eigenvalue weighted by Gasteiger charge is 2.07. The Balaban J connectivity index is 2.31. The van der Waals surface area contributed by atoms with E-state index < -0.39 is 0 Å². The third-order valence-electron chi connectivity index (χ3n) is 2.27. The summed E-state index contributed by atoms with van der Waals surface area (Å²) in [4.78, 5) is 22.2. The number of nitrogens with zero attached hydrogens (tertiary/aromatic N) is 1. The number of benzene rings is 2. The van der Waals surface area contributed by atoms with E-state index in [1.54, 1.807) is 24.3 Å². The molecule has 3 heteroatoms. The molecule has 0 unspecified atom stereocenters. The molecule has 0 spiro atoms. The average Bonchev–Trinajstić information content (AvgIpc) is 2.39. The van der Waals surface area contributed by atoms with Gasteiger partial charge in [-0.2, -0.15) is 0 Å². The van der Waals surface area contributed by atoms with Crippen LogP contribution in [0.15, 0.2) is 59.8 Å². The van der Waals surface area contributed by atoms with Gasteiger partial charge in [-0.1, -0.05) is 30.3 Å². The first-order valence-electron chi connectivity index (χ1n) is 4.84. The number of hydrogen-bond donors (Lipinski definition) is 0. The van der Waals surface area contributed by atoms with Gasteiger partial charge in [0, 0.05) is 11.1 Å². The van der Waals surface area contributed by atoms with Crippen LogP contribution in [0.5, 0.6) is 0 Å². The molecule has 3 nitrogen and oxygen atoms in total. The summed E-state index contributed by atoms with van der Waals surface area (Å²) in [6, 6.07) is 15.3. The van der Waals surface area contributed by atoms with Gasteiger partial charge >= 0.3 is 0 Å². The van der Waals surface area contributed by atoms with E-state index in [1.807, 2.05) is 18.2 Å². The molecule has 0 fully saturated rings. The molecule has 0 N–H and O–H groups in total. The van der Waals surface area contributed by atoms with Gasteiger partial charge in [-0.15, -0.1) is 4.91 Å². The molecule has 2 rings (SSSR count). The van der Waals surface area contributed by atoms with Gasteiger partial charge in [-0.3, -0.25) is 4.79 Å². The Morgan fingerprint density at radius 1 is 0.812 bits per heavy atom. The van der Waals surface area contributed by atoms with Crippen molar-refractivity contribution in [2.24, 2.45) is 5.18 Å². The van der Waals surface area contributed by atoms with Gasteiger partial charge in [0.25, 0.3) is 0 Å². The van der Waals surface area contributed by atoms with Crippen LogP contribution in [0.2, 0.25) is 0 Å². The van der Waals surface area contributed by atoms with E-state index in [-0.39, 0.29) is 5.78 Å². The molecule has 0 aliphatic rings. The van der Waals surface area contributed by atoms with Crippen LogP contribution in [-0.2, 0) is 0 Å². The van der Waals surface area contributed by atoms with Crippen LogP contribution in [0.25, 0.3) is 0 Å². The number of carbonyl (C=O) groups is 1. The fourth-order valence-corrected chi connectivity index (χ4v) is 1.43. The van der Waals surface area contributed by atoms with Gasteiger partial charge in [-0.05, 0) is 29.4 Å². The lowest BCUT2D eigenvalue weighted by molar-refractivity contribution is 0.103. The van der Waals surface area contributed by atoms with Crippen molar-refractivity contribution in [3.8, 4) is 0 Å². The van der Waals surface area contributed by atoms with Gasteiger partial charge < -0.3 is 0 Å². The Bertz CT molecular complexity index is 503. The summed E-state index contributed by atoms with van der Waals surface area (Å²) in [7, 11) is 0. The lowest BCUT2D eigenvalue weighted by Gasteiger charge is -2.00. The molecule has 2 aromatic rings. The summed E-state index contributed by atoms with van der Waals surface area (Å²) < 4.78 is 0. The number of carbonyl (C=O) groups excluding carboxylic acids is 1. The Morgan fingerprint density at radius 2 is 1.38 bits per heavy atom. The van der Waals surface area contributed by atoms with E-state index in [1.165, 1.54) is 12.1 Å². The van der Waals surface area contributed by atoms with Crippen molar-refractivity contribution in [2.45, 2.75) is 0 Å². The van der Waals surface area contributed by atoms with Crippen molar-refractivity contribution in [1.29, 1.82) is 0 Å². The second-order valence-electron chi connectivity index (χ2n) is 3.33. The predicted molar refractivity (Wildman–Crippen MR) is 61.8 cm³/mol. The maximum Gasteiger partial charge on any atom is 0.193 e. The quantitative estimate of drug-likeness (QED) is 0.577. The summed E-state index contributed by atoms with van der Waals surface area (Å²) in [5, 5.41) is 2.78. The van der Waals surface area contributed by atoms with E-state index in [0.29, 0.717) is 16.8 Å². The van der Waals surface area contributed by atoms with Crippen molar-refractivity contribution in [2.75, 3.05) is 0 Å². The summed E-state index contributed by atoms with van der Waals surface area (Å²) in [6.07, 6.45) is 0. The third-order valence-corrected chi connectivity index (χ3v) is 2.27. The zero-order chi connectivity index (χ0) is 11.4. The fraction of sp³-hybridized carbons (Fsp3) is 0. The van der Waals surface area contributed by atoms with E-state index >= 15 is 0 Å². The van der Waals surface area contributed by atoms with Crippen LogP contribution < -0.4 is 0 Å². The topological polar surface area (TPSA) is 46.5 Å². The minimum absolute atomic E-state index is 0.0574. The van der Waals surface area contributed by atoms with Crippen molar-refractivity contribution < 1.29 is 4.79 Å². The normalized spacial score (nSPS) is 9.75. The average molecular weight is 211 g/mol. The smallest absolute Gasteiger partial charge is 0.193 e. The molecule has 0 aromatic heterocycles. The Morgan fingerprint density at radius 3 is 1.94 bits per heavy atom. The van der Waals surface area contributed by atoms with Gasteiger partial charge in [0.2, 0.25) is 0 Å². The van der Waals surface area contributed by atoms with Crippen molar-refractivity contribution in [3.63, 3.8) is 0 Å². The van der Waals surface area contributed by atoms with E-state index in [2.05, 4.69) is 5.18 Å². The lowest BCUT2D eigenvalue weighted by Crippen LogP contribution is -1.99. The van der Waals surface area contributed by atoms with Gasteiger partial charge in [0.15, 0.2) is 5.78 Å². The zero-order valence-electron chi connectivity index (χ0n) is 8.46. The van der Waals surface area contributed by atoms with E-state index in [0.717, 1.165) is 0 Å². The van der Waals surface area contributed by atoms with Gasteiger partial charge in [0.1, 0.15) is 5.69 Å². The van der Waals surface area contributed by atoms with E-state index in [9.17, 15) is 9.70 Å². The first-order chi connectivity index (χ1) is 7.81. The molecule has 0 heterocycles. The van der Waals surface area contributed by atoms with Crippen LogP contribution in [-0.4, -0.2) is 5.78 Å². The standard InChI is InChI=1S/C13H9NO2/c15-13(10-4-2-1-3-5-10)11-6-8-12(14-16)9-7-11/h1-9H. The predicted octanol–water partition coefficient (Wildman–Crippen LogP) is 3.32. The SMILES string of the molecule is O=Nc1ccc(C(=O)c2ccccc2)cc1. The largest absolute Gasteiger partial charge is 0.289 e. The minimum Gasteiger partial charge on any atom is -0.289 e. The molecule has 0 saturated heterocycles. The number of rotatable bonds is 3. The molecule has 0 amide bonds. The number of hydrogen-bond acceptors (Lipinski definition) is 3. The summed E-state index contributed by atoms with van der Waals surface area (Å²) >= 11 is 0. The molecule has 16 heavy (non-hydrogen) atoms. The van der Waals surface area contributed by atoms with E-state index in [4.69, 9.17) is 0 Å². The lowest BCUT2D eigenvalue weighted by atomic mass is 10.0. The molecule has 0 saturated carbocycles. The first kappa shape index (κ1) is 10.2. The van der Waals surface area contributed by atoms with Gasteiger partial charge in [-0.25, -0.2) is 0 Å². The first-order valence-corrected chi connectivity index (χ1v) is 4.84. The second kappa shape index (κ2) is 4.49. The van der Waals surface area contributed by atoms with Crippen molar-refractivity contribution in [3.05, 3.63) is 70.6 Å². The van der Waals surface area contributed by atoms with Crippen LogP contribution >= 0.6 is 0 Å². The number of nitroso groups, excluding NO2 is 1. The minimum atomic E-state index is -0.0574. The third kappa shape index (κ3) is 2.03. The van der Waals surface area contributed by atoms with Crippen molar-refractivity contribution in [1.82, 2.24) is 0 Å². The second-order valence-corrected chi connectivity index (χ2v) is 3.33. The van der Waals surface area contributed by atoms with Crippen LogP contribution in [0.4, 0.5) is 5.69 Å². The van der Waals surface area contributed by atoms with Crippen LogP contribution in [0, 0.1) is 4.91 Å². The molecule has 78 valence electrons. The van der Waals surface area contributed by atoms with Crippen LogP contribution in [0.3, 0.4) is 0 Å². The molecule has 2 aromatic carbocycles.